The van der Waals surface area contributed by atoms with E-state index in [1.165, 1.54) is 5.56 Å². The summed E-state index contributed by atoms with van der Waals surface area (Å²) in [5, 5.41) is 7.35. The second-order valence-electron chi connectivity index (χ2n) is 6.49. The largest absolute Gasteiger partial charge is 0.370 e. The molecule has 3 aromatic rings. The number of benzene rings is 1. The standard InChI is InChI=1S/C19H23N7S/c20-18(24-8-10-25(11-9-24)19-21-6-12-27-19)22-14-16-3-1-4-17(13-16)15-26-7-2-5-23-26/h1-7,12-13H,8-11,14-15H2,(H2,20,22). The predicted octanol–water partition coefficient (Wildman–Crippen LogP) is 2.02. The topological polar surface area (TPSA) is 75.6 Å². The van der Waals surface area contributed by atoms with Gasteiger partial charge in [0.15, 0.2) is 11.1 Å². The van der Waals surface area contributed by atoms with Crippen molar-refractivity contribution in [2.45, 2.75) is 13.1 Å². The summed E-state index contributed by atoms with van der Waals surface area (Å²) in [4.78, 5) is 13.4. The monoisotopic (exact) mass is 381 g/mol. The number of aliphatic imine (C=N–C) groups is 1. The molecule has 1 aliphatic rings. The molecule has 1 fully saturated rings. The van der Waals surface area contributed by atoms with Crippen LogP contribution in [0.25, 0.3) is 0 Å². The quantitative estimate of drug-likeness (QED) is 0.541. The van der Waals surface area contributed by atoms with E-state index in [1.54, 1.807) is 17.5 Å². The van der Waals surface area contributed by atoms with Gasteiger partial charge in [0.1, 0.15) is 0 Å². The van der Waals surface area contributed by atoms with Crippen LogP contribution < -0.4 is 10.6 Å². The Balaban J connectivity index is 1.33. The summed E-state index contributed by atoms with van der Waals surface area (Å²) in [6, 6.07) is 10.4. The van der Waals surface area contributed by atoms with Crippen molar-refractivity contribution in [3.8, 4) is 0 Å². The normalized spacial score (nSPS) is 15.3. The Morgan fingerprint density at radius 2 is 1.96 bits per heavy atom. The molecule has 0 radical (unpaired) electrons. The Labute approximate surface area is 162 Å². The fourth-order valence-corrected chi connectivity index (χ4v) is 3.88. The molecule has 0 atom stereocenters. The van der Waals surface area contributed by atoms with Crippen LogP contribution in [0.1, 0.15) is 11.1 Å². The Bertz CT molecular complexity index is 865. The summed E-state index contributed by atoms with van der Waals surface area (Å²) in [5.74, 6) is 0.617. The van der Waals surface area contributed by atoms with Gasteiger partial charge in [-0.05, 0) is 17.2 Å². The van der Waals surface area contributed by atoms with Gasteiger partial charge >= 0.3 is 0 Å². The van der Waals surface area contributed by atoms with Gasteiger partial charge in [-0.2, -0.15) is 5.10 Å². The predicted molar refractivity (Wildman–Crippen MR) is 109 cm³/mol. The molecule has 3 heterocycles. The number of nitrogens with zero attached hydrogens (tertiary/aromatic N) is 6. The smallest absolute Gasteiger partial charge is 0.191 e. The van der Waals surface area contributed by atoms with E-state index >= 15 is 0 Å². The Morgan fingerprint density at radius 1 is 1.11 bits per heavy atom. The highest BCUT2D eigenvalue weighted by Gasteiger charge is 2.19. The average molecular weight is 382 g/mol. The molecule has 0 saturated carbocycles. The van der Waals surface area contributed by atoms with E-state index in [-0.39, 0.29) is 0 Å². The fraction of sp³-hybridized carbons (Fsp3) is 0.316. The first kappa shape index (κ1) is 17.5. The molecule has 1 aliphatic heterocycles. The highest BCUT2D eigenvalue weighted by atomic mass is 32.1. The zero-order valence-corrected chi connectivity index (χ0v) is 15.9. The zero-order chi connectivity index (χ0) is 18.5. The summed E-state index contributed by atoms with van der Waals surface area (Å²) in [6.07, 6.45) is 5.61. The van der Waals surface area contributed by atoms with Crippen molar-refractivity contribution in [2.75, 3.05) is 31.1 Å². The van der Waals surface area contributed by atoms with Crippen molar-refractivity contribution in [3.63, 3.8) is 0 Å². The molecular formula is C19H23N7S. The van der Waals surface area contributed by atoms with Crippen LogP contribution in [0.15, 0.2) is 59.3 Å². The molecule has 0 spiro atoms. The van der Waals surface area contributed by atoms with Gasteiger partial charge in [0.2, 0.25) is 0 Å². The van der Waals surface area contributed by atoms with Gasteiger partial charge in [-0.1, -0.05) is 24.3 Å². The van der Waals surface area contributed by atoms with E-state index in [9.17, 15) is 0 Å². The Morgan fingerprint density at radius 3 is 2.70 bits per heavy atom. The van der Waals surface area contributed by atoms with Crippen molar-refractivity contribution in [1.29, 1.82) is 0 Å². The minimum atomic E-state index is 0.589. The third-order valence-corrected chi connectivity index (χ3v) is 5.44. The van der Waals surface area contributed by atoms with E-state index in [1.807, 2.05) is 28.5 Å². The maximum atomic E-state index is 6.24. The van der Waals surface area contributed by atoms with Crippen molar-refractivity contribution in [1.82, 2.24) is 19.7 Å². The van der Waals surface area contributed by atoms with Crippen molar-refractivity contribution >= 4 is 22.4 Å². The van der Waals surface area contributed by atoms with Gasteiger partial charge < -0.3 is 15.5 Å². The minimum absolute atomic E-state index is 0.589. The lowest BCUT2D eigenvalue weighted by Gasteiger charge is -2.35. The summed E-state index contributed by atoms with van der Waals surface area (Å²) in [6.45, 7) is 4.93. The Hall–Kier alpha value is -2.87. The van der Waals surface area contributed by atoms with Gasteiger partial charge in [0.25, 0.3) is 0 Å². The third kappa shape index (κ3) is 4.46. The lowest BCUT2D eigenvalue weighted by atomic mass is 10.1. The van der Waals surface area contributed by atoms with E-state index in [0.29, 0.717) is 12.5 Å². The first-order valence-corrected chi connectivity index (χ1v) is 9.90. The van der Waals surface area contributed by atoms with Crippen LogP contribution >= 0.6 is 11.3 Å². The molecule has 0 unspecified atom stereocenters. The van der Waals surface area contributed by atoms with Crippen LogP contribution in [-0.2, 0) is 13.1 Å². The first-order chi connectivity index (χ1) is 13.3. The van der Waals surface area contributed by atoms with Crippen LogP contribution in [0.4, 0.5) is 5.13 Å². The molecule has 0 aliphatic carbocycles. The van der Waals surface area contributed by atoms with E-state index < -0.39 is 0 Å². The van der Waals surface area contributed by atoms with E-state index in [4.69, 9.17) is 5.73 Å². The molecule has 2 aromatic heterocycles. The summed E-state index contributed by atoms with van der Waals surface area (Å²) < 4.78 is 1.92. The molecule has 2 N–H and O–H groups in total. The first-order valence-electron chi connectivity index (χ1n) is 9.02. The molecule has 140 valence electrons. The molecule has 7 nitrogen and oxygen atoms in total. The molecule has 27 heavy (non-hydrogen) atoms. The molecule has 1 aromatic carbocycles. The van der Waals surface area contributed by atoms with Gasteiger partial charge in [0, 0.05) is 50.1 Å². The van der Waals surface area contributed by atoms with Crippen LogP contribution in [0.3, 0.4) is 0 Å². The summed E-state index contributed by atoms with van der Waals surface area (Å²) >= 11 is 1.68. The second-order valence-corrected chi connectivity index (χ2v) is 7.36. The van der Waals surface area contributed by atoms with E-state index in [0.717, 1.165) is 43.4 Å². The number of nitrogens with two attached hydrogens (primary N) is 1. The van der Waals surface area contributed by atoms with Crippen LogP contribution in [0, 0.1) is 0 Å². The lowest BCUT2D eigenvalue weighted by molar-refractivity contribution is 0.380. The van der Waals surface area contributed by atoms with Crippen molar-refractivity contribution < 1.29 is 0 Å². The molecule has 4 rings (SSSR count). The zero-order valence-electron chi connectivity index (χ0n) is 15.1. The number of guanidine groups is 1. The van der Waals surface area contributed by atoms with Gasteiger partial charge in [0.05, 0.1) is 13.1 Å². The number of hydrogen-bond acceptors (Lipinski definition) is 5. The Kier molecular flexibility index (Phi) is 5.34. The van der Waals surface area contributed by atoms with Gasteiger partial charge in [-0.15, -0.1) is 11.3 Å². The number of piperazine rings is 1. The number of aromatic nitrogens is 3. The fourth-order valence-electron chi connectivity index (χ4n) is 3.18. The van der Waals surface area contributed by atoms with Crippen LogP contribution in [0.5, 0.6) is 0 Å². The second kappa shape index (κ2) is 8.22. The number of hydrogen-bond donors (Lipinski definition) is 1. The number of thiazole rings is 1. The van der Waals surface area contributed by atoms with Gasteiger partial charge in [-0.25, -0.2) is 9.98 Å². The average Bonchev–Trinajstić information content (AvgIpc) is 3.41. The van der Waals surface area contributed by atoms with Gasteiger partial charge in [-0.3, -0.25) is 4.68 Å². The highest BCUT2D eigenvalue weighted by Crippen LogP contribution is 2.18. The van der Waals surface area contributed by atoms with Crippen LogP contribution in [0.2, 0.25) is 0 Å². The molecule has 0 bridgehead atoms. The molecule has 1 saturated heterocycles. The summed E-state index contributed by atoms with van der Waals surface area (Å²) in [5.41, 5.74) is 8.61. The van der Waals surface area contributed by atoms with Crippen molar-refractivity contribution in [2.24, 2.45) is 10.7 Å². The van der Waals surface area contributed by atoms with E-state index in [2.05, 4.69) is 49.1 Å². The molecule has 0 amide bonds. The minimum Gasteiger partial charge on any atom is -0.370 e. The SMILES string of the molecule is NC(=NCc1cccc(Cn2cccn2)c1)N1CCN(c2nccs2)CC1. The maximum absolute atomic E-state index is 6.24. The maximum Gasteiger partial charge on any atom is 0.191 e. The highest BCUT2D eigenvalue weighted by molar-refractivity contribution is 7.13. The number of anilines is 1. The van der Waals surface area contributed by atoms with Crippen LogP contribution in [-0.4, -0.2) is 51.8 Å². The molecule has 8 heteroatoms. The molecular weight excluding hydrogens is 358 g/mol. The summed E-state index contributed by atoms with van der Waals surface area (Å²) in [7, 11) is 0. The third-order valence-electron chi connectivity index (χ3n) is 4.61. The lowest BCUT2D eigenvalue weighted by Crippen LogP contribution is -2.51. The number of rotatable bonds is 5. The van der Waals surface area contributed by atoms with Crippen molar-refractivity contribution in [3.05, 3.63) is 65.4 Å².